The zero-order valence-corrected chi connectivity index (χ0v) is 5.12. The molecular weight excluding hydrogens is 102 g/mol. The molecule has 0 aromatic carbocycles. The molecule has 0 radical (unpaired) electrons. The summed E-state index contributed by atoms with van der Waals surface area (Å²) in [6.45, 7) is 0. The van der Waals surface area contributed by atoms with Crippen LogP contribution in [0.4, 0.5) is 0 Å². The highest BCUT2D eigenvalue weighted by Crippen LogP contribution is 1.93. The molecule has 0 saturated carbocycles. The van der Waals surface area contributed by atoms with Crippen LogP contribution >= 0.6 is 17.1 Å². The summed E-state index contributed by atoms with van der Waals surface area (Å²) in [4.78, 5) is 0. The van der Waals surface area contributed by atoms with Crippen molar-refractivity contribution in [3.8, 4) is 0 Å². The molecule has 0 rings (SSSR count). The lowest BCUT2D eigenvalue weighted by Gasteiger charge is -1.69. The van der Waals surface area contributed by atoms with Gasteiger partial charge < -0.3 is 0 Å². The summed E-state index contributed by atoms with van der Waals surface area (Å²) in [6, 6.07) is 0. The fourth-order valence-corrected chi connectivity index (χ4v) is 0. The van der Waals surface area contributed by atoms with Crippen LogP contribution in [0.1, 0.15) is 0 Å². The molecular formula is CH7N2P2+. The van der Waals surface area contributed by atoms with E-state index in [2.05, 4.69) is 5.54 Å². The van der Waals surface area contributed by atoms with Gasteiger partial charge in [-0.3, -0.25) is 0 Å². The maximum absolute atomic E-state index is 5.03. The summed E-state index contributed by atoms with van der Waals surface area (Å²) in [5.74, 6) is 0. The van der Waals surface area contributed by atoms with Crippen molar-refractivity contribution in [2.24, 2.45) is 11.0 Å². The van der Waals surface area contributed by atoms with Crippen LogP contribution in [-0.2, 0) is 0 Å². The van der Waals surface area contributed by atoms with Gasteiger partial charge in [0.2, 0.25) is 0 Å². The zero-order chi connectivity index (χ0) is 4.28. The number of rotatable bonds is 0. The molecule has 0 bridgehead atoms. The topological polar surface area (TPSA) is 52.0 Å². The highest BCUT2D eigenvalue weighted by Gasteiger charge is 1.65. The van der Waals surface area contributed by atoms with Gasteiger partial charge in [0.05, 0.1) is 0 Å². The predicted octanol–water partition coefficient (Wildman–Crippen LogP) is -0.540. The molecule has 1 unspecified atom stereocenters. The summed E-state index contributed by atoms with van der Waals surface area (Å²) in [5, 5.41) is 0. The first-order valence-electron chi connectivity index (χ1n) is 1.09. The smallest absolute Gasteiger partial charge is 0.111 e. The molecule has 0 aromatic rings. The van der Waals surface area contributed by atoms with Gasteiger partial charge in [0.1, 0.15) is 7.85 Å². The fraction of sp³-hybridized carbons (Fsp3) is 0. The van der Waals surface area contributed by atoms with Crippen molar-refractivity contribution >= 4 is 22.6 Å². The Morgan fingerprint density at radius 1 is 1.60 bits per heavy atom. The zero-order valence-electron chi connectivity index (χ0n) is 2.81. The fourth-order valence-electron chi connectivity index (χ4n) is 0. The molecule has 4 N–H and O–H groups in total. The van der Waals surface area contributed by atoms with E-state index in [1.807, 2.05) is 0 Å². The summed E-state index contributed by atoms with van der Waals surface area (Å²) in [6.07, 6.45) is 0. The Hall–Kier alpha value is 0.520. The molecule has 0 fully saturated rings. The lowest BCUT2D eigenvalue weighted by molar-refractivity contribution is 1.85. The third-order valence-electron chi connectivity index (χ3n) is 0.183. The summed E-state index contributed by atoms with van der Waals surface area (Å²) in [7, 11) is 0.727. The average molecular weight is 109 g/mol. The van der Waals surface area contributed by atoms with Gasteiger partial charge in [0.15, 0.2) is 0 Å². The second-order valence-electron chi connectivity index (χ2n) is 0.565. The van der Waals surface area contributed by atoms with Crippen molar-refractivity contribution < 1.29 is 0 Å². The maximum Gasteiger partial charge on any atom is 0.111 e. The molecule has 30 valence electrons. The molecule has 4 heteroatoms. The Balaban J connectivity index is 3.14. The minimum Gasteiger partial charge on any atom is -0.167 e. The van der Waals surface area contributed by atoms with Gasteiger partial charge in [-0.25, -0.2) is 0 Å². The highest BCUT2D eigenvalue weighted by atomic mass is 31.1. The molecule has 2 nitrogen and oxygen atoms in total. The number of hydrogen-bond acceptors (Lipinski definition) is 2. The molecule has 0 saturated heterocycles. The first kappa shape index (κ1) is 5.52. The van der Waals surface area contributed by atoms with Crippen LogP contribution in [0, 0.1) is 0 Å². The molecule has 0 aromatic heterocycles. The van der Waals surface area contributed by atoms with E-state index in [-0.39, 0.29) is 0 Å². The molecule has 0 aliphatic rings. The van der Waals surface area contributed by atoms with Crippen molar-refractivity contribution in [2.75, 3.05) is 0 Å². The number of nitrogens with two attached hydrogens (primary N) is 2. The summed E-state index contributed by atoms with van der Waals surface area (Å²) < 4.78 is 0. The molecule has 1 atom stereocenters. The summed E-state index contributed by atoms with van der Waals surface area (Å²) in [5.41, 5.74) is 12.7. The van der Waals surface area contributed by atoms with E-state index < -0.39 is 7.85 Å². The third kappa shape index (κ3) is 4.52. The largest absolute Gasteiger partial charge is 0.167 e. The monoisotopic (exact) mass is 109 g/mol. The van der Waals surface area contributed by atoms with Crippen molar-refractivity contribution in [1.82, 2.24) is 0 Å². The standard InChI is InChI=1S/CH7N2P2/c2-5(3)1-4/h2-3H2,4H3/q+1. The van der Waals surface area contributed by atoms with E-state index in [0.29, 0.717) is 0 Å². The molecule has 5 heavy (non-hydrogen) atoms. The lowest BCUT2D eigenvalue weighted by Crippen LogP contribution is -1.88. The van der Waals surface area contributed by atoms with E-state index in [1.165, 1.54) is 0 Å². The Kier molecular flexibility index (Phi) is 3.03. The van der Waals surface area contributed by atoms with Gasteiger partial charge in [-0.2, -0.15) is 11.0 Å². The van der Waals surface area contributed by atoms with E-state index in [0.717, 1.165) is 0 Å². The predicted molar refractivity (Wildman–Crippen MR) is 31.4 cm³/mol. The lowest BCUT2D eigenvalue weighted by atomic mass is 11.9. The second-order valence-corrected chi connectivity index (χ2v) is 2.64. The summed E-state index contributed by atoms with van der Waals surface area (Å²) >= 11 is 0. The van der Waals surface area contributed by atoms with Gasteiger partial charge in [-0.1, -0.05) is 0 Å². The van der Waals surface area contributed by atoms with Crippen LogP contribution in [0.2, 0.25) is 0 Å². The quantitative estimate of drug-likeness (QED) is 0.324. The Bertz CT molecular complexity index is 45.6. The van der Waals surface area contributed by atoms with Crippen LogP contribution in [0.5, 0.6) is 0 Å². The molecule has 0 amide bonds. The first-order chi connectivity index (χ1) is 2.27. The Morgan fingerprint density at radius 2 is 1.80 bits per heavy atom. The van der Waals surface area contributed by atoms with Crippen molar-refractivity contribution in [3.05, 3.63) is 0 Å². The molecule has 0 heterocycles. The van der Waals surface area contributed by atoms with Gasteiger partial charge in [-0.05, 0) is 5.54 Å². The maximum atomic E-state index is 5.03. The van der Waals surface area contributed by atoms with Gasteiger partial charge in [0, 0.05) is 0 Å². The second kappa shape index (κ2) is 2.74. The minimum absolute atomic E-state index is 0.836. The van der Waals surface area contributed by atoms with Gasteiger partial charge >= 0.3 is 0 Å². The Labute approximate surface area is 34.6 Å². The van der Waals surface area contributed by atoms with Crippen molar-refractivity contribution in [1.29, 1.82) is 0 Å². The minimum atomic E-state index is -0.836. The molecule has 0 aliphatic heterocycles. The van der Waals surface area contributed by atoms with Crippen molar-refractivity contribution in [3.63, 3.8) is 0 Å². The third-order valence-corrected chi connectivity index (χ3v) is 1.64. The molecule has 0 aliphatic carbocycles. The Morgan fingerprint density at radius 3 is 1.80 bits per heavy atom. The first-order valence-corrected chi connectivity index (χ1v) is 3.28. The number of hydrogen-bond donors (Lipinski definition) is 2. The van der Waals surface area contributed by atoms with Gasteiger partial charge in [0.25, 0.3) is 0 Å². The van der Waals surface area contributed by atoms with E-state index in [9.17, 15) is 0 Å². The van der Waals surface area contributed by atoms with Crippen LogP contribution in [0.15, 0.2) is 0 Å². The van der Waals surface area contributed by atoms with E-state index >= 15 is 0 Å². The van der Waals surface area contributed by atoms with Crippen LogP contribution in [0.25, 0.3) is 0 Å². The normalized spacial score (nSPS) is 7.60. The highest BCUT2D eigenvalue weighted by molar-refractivity contribution is 7.67. The average Bonchev–Trinajstić information content (AvgIpc) is 1.38. The van der Waals surface area contributed by atoms with Crippen molar-refractivity contribution in [2.45, 2.75) is 0 Å². The van der Waals surface area contributed by atoms with Crippen LogP contribution in [0.3, 0.4) is 0 Å². The van der Waals surface area contributed by atoms with E-state index in [4.69, 9.17) is 11.0 Å². The van der Waals surface area contributed by atoms with Gasteiger partial charge in [-0.15, -0.1) is 9.24 Å². The van der Waals surface area contributed by atoms with E-state index in [1.54, 1.807) is 9.24 Å². The van der Waals surface area contributed by atoms with Crippen LogP contribution in [-0.4, -0.2) is 5.54 Å². The molecule has 0 spiro atoms. The SMILES string of the molecule is N[P+](N)=[C-][PH3+]. The van der Waals surface area contributed by atoms with Crippen LogP contribution < -0.4 is 11.0 Å².